The molecule has 0 aliphatic carbocycles. The minimum absolute atomic E-state index is 0.0779. The maximum absolute atomic E-state index is 11.9. The van der Waals surface area contributed by atoms with E-state index in [-0.39, 0.29) is 5.91 Å². The van der Waals surface area contributed by atoms with Crippen molar-refractivity contribution in [3.8, 4) is 5.75 Å². The predicted molar refractivity (Wildman–Crippen MR) is 86.8 cm³/mol. The third-order valence-electron chi connectivity index (χ3n) is 3.31. The van der Waals surface area contributed by atoms with Crippen LogP contribution in [0.5, 0.6) is 5.75 Å². The molecule has 1 amide bonds. The summed E-state index contributed by atoms with van der Waals surface area (Å²) in [6.07, 6.45) is 1.18. The maximum Gasteiger partial charge on any atom is 0.220 e. The van der Waals surface area contributed by atoms with Gasteiger partial charge in [-0.25, -0.2) is 0 Å². The number of amides is 1. The van der Waals surface area contributed by atoms with Crippen molar-refractivity contribution >= 4 is 17.2 Å². The number of nitrogens with one attached hydrogen (secondary N) is 1. The Morgan fingerprint density at radius 1 is 1.29 bits per heavy atom. The lowest BCUT2D eigenvalue weighted by atomic mass is 10.1. The van der Waals surface area contributed by atoms with Gasteiger partial charge in [-0.05, 0) is 48.9 Å². The quantitative estimate of drug-likeness (QED) is 0.847. The van der Waals surface area contributed by atoms with Gasteiger partial charge in [0.1, 0.15) is 5.75 Å². The van der Waals surface area contributed by atoms with Gasteiger partial charge in [0, 0.05) is 11.3 Å². The second-order valence-electron chi connectivity index (χ2n) is 4.84. The Morgan fingerprint density at radius 2 is 2.10 bits per heavy atom. The number of ether oxygens (including phenoxy) is 1. The van der Waals surface area contributed by atoms with E-state index >= 15 is 0 Å². The van der Waals surface area contributed by atoms with Crippen LogP contribution in [-0.2, 0) is 17.8 Å². The highest BCUT2D eigenvalue weighted by Crippen LogP contribution is 2.19. The molecule has 0 radical (unpaired) electrons. The highest BCUT2D eigenvalue weighted by Gasteiger charge is 2.07. The molecule has 0 aliphatic rings. The average Bonchev–Trinajstić information content (AvgIpc) is 2.90. The molecule has 3 nitrogen and oxygen atoms in total. The number of carbonyl (C=O) groups excluding carboxylic acids is 1. The van der Waals surface area contributed by atoms with Gasteiger partial charge in [-0.3, -0.25) is 4.79 Å². The summed E-state index contributed by atoms with van der Waals surface area (Å²) in [5, 5.41) is 5.03. The van der Waals surface area contributed by atoms with E-state index in [1.165, 1.54) is 10.4 Å². The number of rotatable bonds is 7. The number of hydrogen-bond donors (Lipinski definition) is 1. The van der Waals surface area contributed by atoms with E-state index in [4.69, 9.17) is 4.74 Å². The predicted octanol–water partition coefficient (Wildman–Crippen LogP) is 3.70. The molecule has 0 aliphatic heterocycles. The van der Waals surface area contributed by atoms with E-state index in [0.29, 0.717) is 26.0 Å². The number of aryl methyl sites for hydroxylation is 2. The number of carbonyl (C=O) groups is 1. The second-order valence-corrected chi connectivity index (χ2v) is 5.84. The van der Waals surface area contributed by atoms with Crippen LogP contribution in [0.1, 0.15) is 29.3 Å². The van der Waals surface area contributed by atoms with Crippen molar-refractivity contribution in [1.29, 1.82) is 0 Å². The zero-order chi connectivity index (χ0) is 15.1. The molecule has 0 saturated carbocycles. The summed E-state index contributed by atoms with van der Waals surface area (Å²) in [4.78, 5) is 13.2. The third kappa shape index (κ3) is 4.60. The van der Waals surface area contributed by atoms with Crippen LogP contribution in [-0.4, -0.2) is 12.5 Å². The highest BCUT2D eigenvalue weighted by atomic mass is 32.1. The lowest BCUT2D eigenvalue weighted by molar-refractivity contribution is -0.121. The normalized spacial score (nSPS) is 10.4. The van der Waals surface area contributed by atoms with Crippen molar-refractivity contribution in [2.75, 3.05) is 6.61 Å². The first-order valence-electron chi connectivity index (χ1n) is 7.21. The molecule has 0 saturated heterocycles. The largest absolute Gasteiger partial charge is 0.494 e. The zero-order valence-electron chi connectivity index (χ0n) is 12.5. The van der Waals surface area contributed by atoms with Crippen LogP contribution in [0.25, 0.3) is 0 Å². The molecular formula is C17H21NO2S. The topological polar surface area (TPSA) is 38.3 Å². The van der Waals surface area contributed by atoms with Crippen molar-refractivity contribution in [2.24, 2.45) is 0 Å². The Hall–Kier alpha value is -1.81. The molecule has 2 aromatic rings. The van der Waals surface area contributed by atoms with Crippen molar-refractivity contribution in [3.05, 3.63) is 51.7 Å². The van der Waals surface area contributed by atoms with E-state index < -0.39 is 0 Å². The molecule has 1 N–H and O–H groups in total. The summed E-state index contributed by atoms with van der Waals surface area (Å²) in [5.41, 5.74) is 2.32. The fraction of sp³-hybridized carbons (Fsp3) is 0.353. The van der Waals surface area contributed by atoms with Gasteiger partial charge in [0.2, 0.25) is 5.91 Å². The number of benzene rings is 1. The number of thiophene rings is 1. The van der Waals surface area contributed by atoms with E-state index in [9.17, 15) is 4.79 Å². The van der Waals surface area contributed by atoms with Crippen LogP contribution in [0.3, 0.4) is 0 Å². The van der Waals surface area contributed by atoms with E-state index in [1.807, 2.05) is 31.2 Å². The van der Waals surface area contributed by atoms with Crippen LogP contribution in [0.4, 0.5) is 0 Å². The highest BCUT2D eigenvalue weighted by molar-refractivity contribution is 7.10. The first kappa shape index (κ1) is 15.6. The van der Waals surface area contributed by atoms with Crippen molar-refractivity contribution < 1.29 is 9.53 Å². The monoisotopic (exact) mass is 303 g/mol. The minimum atomic E-state index is 0.0779. The maximum atomic E-state index is 11.9. The first-order chi connectivity index (χ1) is 10.2. The molecule has 0 spiro atoms. The fourth-order valence-electron chi connectivity index (χ4n) is 2.11. The van der Waals surface area contributed by atoms with Gasteiger partial charge >= 0.3 is 0 Å². The minimum Gasteiger partial charge on any atom is -0.494 e. The van der Waals surface area contributed by atoms with Gasteiger partial charge in [-0.1, -0.05) is 18.2 Å². The standard InChI is InChI=1S/C17H21NO2S/c1-3-20-15-7-5-4-6-14(15)8-9-17(19)18-12-16-13(2)10-11-21-16/h4-7,10-11H,3,8-9,12H2,1-2H3,(H,18,19). The van der Waals surface area contributed by atoms with Crippen molar-refractivity contribution in [1.82, 2.24) is 5.32 Å². The molecule has 0 unspecified atom stereocenters. The summed E-state index contributed by atoms with van der Waals surface area (Å²) < 4.78 is 5.57. The van der Waals surface area contributed by atoms with Crippen molar-refractivity contribution in [2.45, 2.75) is 33.2 Å². The summed E-state index contributed by atoms with van der Waals surface area (Å²) in [7, 11) is 0. The zero-order valence-corrected chi connectivity index (χ0v) is 13.3. The van der Waals surface area contributed by atoms with Crippen LogP contribution in [0.15, 0.2) is 35.7 Å². The molecule has 1 heterocycles. The molecule has 0 atom stereocenters. The average molecular weight is 303 g/mol. The van der Waals surface area contributed by atoms with Gasteiger partial charge in [-0.15, -0.1) is 11.3 Å². The van der Waals surface area contributed by atoms with Crippen LogP contribution in [0.2, 0.25) is 0 Å². The van der Waals surface area contributed by atoms with Crippen molar-refractivity contribution in [3.63, 3.8) is 0 Å². The molecule has 0 fully saturated rings. The van der Waals surface area contributed by atoms with E-state index in [0.717, 1.165) is 11.3 Å². The number of para-hydroxylation sites is 1. The van der Waals surface area contributed by atoms with Crippen LogP contribution in [0, 0.1) is 6.92 Å². The number of hydrogen-bond acceptors (Lipinski definition) is 3. The van der Waals surface area contributed by atoms with Gasteiger partial charge in [0.05, 0.1) is 13.2 Å². The molecule has 0 bridgehead atoms. The smallest absolute Gasteiger partial charge is 0.220 e. The van der Waals surface area contributed by atoms with E-state index in [2.05, 4.69) is 23.7 Å². The van der Waals surface area contributed by atoms with E-state index in [1.54, 1.807) is 11.3 Å². The van der Waals surface area contributed by atoms with Gasteiger partial charge in [-0.2, -0.15) is 0 Å². The third-order valence-corrected chi connectivity index (χ3v) is 4.33. The molecule has 2 rings (SSSR count). The molecule has 1 aromatic carbocycles. The second kappa shape index (κ2) is 7.84. The lowest BCUT2D eigenvalue weighted by Gasteiger charge is -2.10. The summed E-state index contributed by atoms with van der Waals surface area (Å²) in [5.74, 6) is 0.955. The molecular weight excluding hydrogens is 282 g/mol. The van der Waals surface area contributed by atoms with Gasteiger partial charge < -0.3 is 10.1 Å². The Balaban J connectivity index is 1.82. The lowest BCUT2D eigenvalue weighted by Crippen LogP contribution is -2.22. The SMILES string of the molecule is CCOc1ccccc1CCC(=O)NCc1sccc1C. The fourth-order valence-corrected chi connectivity index (χ4v) is 2.95. The Kier molecular flexibility index (Phi) is 5.81. The molecule has 4 heteroatoms. The molecule has 112 valence electrons. The Morgan fingerprint density at radius 3 is 2.81 bits per heavy atom. The van der Waals surface area contributed by atoms with Gasteiger partial charge in [0.25, 0.3) is 0 Å². The Bertz CT molecular complexity index is 592. The summed E-state index contributed by atoms with van der Waals surface area (Å²) in [6.45, 7) is 5.29. The van der Waals surface area contributed by atoms with Gasteiger partial charge in [0.15, 0.2) is 0 Å². The van der Waals surface area contributed by atoms with Crippen LogP contribution < -0.4 is 10.1 Å². The molecule has 21 heavy (non-hydrogen) atoms. The summed E-state index contributed by atoms with van der Waals surface area (Å²) >= 11 is 1.68. The Labute approximate surface area is 130 Å². The molecule has 1 aromatic heterocycles. The summed E-state index contributed by atoms with van der Waals surface area (Å²) in [6, 6.07) is 9.97. The van der Waals surface area contributed by atoms with Crippen LogP contribution >= 0.6 is 11.3 Å². The first-order valence-corrected chi connectivity index (χ1v) is 8.09.